The maximum atomic E-state index is 11.5. The van der Waals surface area contributed by atoms with Crippen molar-refractivity contribution in [2.75, 3.05) is 13.7 Å². The lowest BCUT2D eigenvalue weighted by molar-refractivity contribution is -0.151. The minimum atomic E-state index is -0.669. The van der Waals surface area contributed by atoms with Crippen LogP contribution in [0.4, 0.5) is 0 Å². The number of aromatic nitrogens is 1. The lowest BCUT2D eigenvalue weighted by atomic mass is 9.84. The molecule has 15 heavy (non-hydrogen) atoms. The quantitative estimate of drug-likeness (QED) is 0.742. The molecule has 1 aromatic heterocycles. The van der Waals surface area contributed by atoms with Gasteiger partial charge in [-0.1, -0.05) is 6.07 Å². The van der Waals surface area contributed by atoms with E-state index >= 15 is 0 Å². The van der Waals surface area contributed by atoms with Crippen LogP contribution < -0.4 is 5.73 Å². The standard InChI is InChI=1S/C11H16N2O2/c1-11(8-12,10(14)15-2)6-9-4-3-5-13-7-9/h3-5,7H,6,8,12H2,1-2H3. The summed E-state index contributed by atoms with van der Waals surface area (Å²) in [6, 6.07) is 3.76. The van der Waals surface area contributed by atoms with Crippen molar-refractivity contribution in [2.24, 2.45) is 11.1 Å². The van der Waals surface area contributed by atoms with E-state index in [0.717, 1.165) is 5.56 Å². The summed E-state index contributed by atoms with van der Waals surface area (Å²) in [6.07, 6.45) is 3.97. The number of carbonyl (C=O) groups excluding carboxylic acids is 1. The van der Waals surface area contributed by atoms with Gasteiger partial charge in [-0.2, -0.15) is 0 Å². The molecule has 1 atom stereocenters. The maximum Gasteiger partial charge on any atom is 0.313 e. The number of ether oxygens (including phenoxy) is 1. The Morgan fingerprint density at radius 3 is 2.87 bits per heavy atom. The van der Waals surface area contributed by atoms with E-state index in [2.05, 4.69) is 4.98 Å². The Bertz CT molecular complexity index is 327. The largest absolute Gasteiger partial charge is 0.469 e. The number of nitrogens with two attached hydrogens (primary N) is 1. The Morgan fingerprint density at radius 1 is 1.67 bits per heavy atom. The van der Waals surface area contributed by atoms with Crippen LogP contribution in [-0.4, -0.2) is 24.6 Å². The minimum Gasteiger partial charge on any atom is -0.469 e. The second kappa shape index (κ2) is 4.89. The van der Waals surface area contributed by atoms with Crippen LogP contribution >= 0.6 is 0 Å². The normalized spacial score (nSPS) is 14.3. The Morgan fingerprint density at radius 2 is 2.40 bits per heavy atom. The van der Waals surface area contributed by atoms with Gasteiger partial charge in [0.25, 0.3) is 0 Å². The highest BCUT2D eigenvalue weighted by atomic mass is 16.5. The third-order valence-electron chi connectivity index (χ3n) is 2.45. The van der Waals surface area contributed by atoms with Crippen LogP contribution in [-0.2, 0) is 16.0 Å². The highest BCUT2D eigenvalue weighted by Gasteiger charge is 2.33. The molecule has 0 fully saturated rings. The fourth-order valence-corrected chi connectivity index (χ4v) is 1.43. The van der Waals surface area contributed by atoms with Gasteiger partial charge < -0.3 is 10.5 Å². The number of methoxy groups -OCH3 is 1. The van der Waals surface area contributed by atoms with Gasteiger partial charge in [0.05, 0.1) is 12.5 Å². The van der Waals surface area contributed by atoms with E-state index in [1.165, 1.54) is 7.11 Å². The van der Waals surface area contributed by atoms with Gasteiger partial charge >= 0.3 is 5.97 Å². The predicted molar refractivity (Wildman–Crippen MR) is 57.1 cm³/mol. The van der Waals surface area contributed by atoms with Crippen molar-refractivity contribution in [3.8, 4) is 0 Å². The number of carbonyl (C=O) groups is 1. The summed E-state index contributed by atoms with van der Waals surface area (Å²) in [5, 5.41) is 0. The molecule has 4 nitrogen and oxygen atoms in total. The molecule has 2 N–H and O–H groups in total. The van der Waals surface area contributed by atoms with Crippen LogP contribution in [0.1, 0.15) is 12.5 Å². The van der Waals surface area contributed by atoms with Gasteiger partial charge in [-0.15, -0.1) is 0 Å². The van der Waals surface area contributed by atoms with Crippen molar-refractivity contribution in [3.05, 3.63) is 30.1 Å². The highest BCUT2D eigenvalue weighted by molar-refractivity contribution is 5.77. The van der Waals surface area contributed by atoms with Gasteiger partial charge in [0.2, 0.25) is 0 Å². The number of hydrogen-bond donors (Lipinski definition) is 1. The first kappa shape index (κ1) is 11.7. The summed E-state index contributed by atoms with van der Waals surface area (Å²) in [4.78, 5) is 15.5. The van der Waals surface area contributed by atoms with Crippen molar-refractivity contribution < 1.29 is 9.53 Å². The lowest BCUT2D eigenvalue weighted by Gasteiger charge is -2.24. The fourth-order valence-electron chi connectivity index (χ4n) is 1.43. The van der Waals surface area contributed by atoms with Gasteiger partial charge in [-0.05, 0) is 25.0 Å². The Hall–Kier alpha value is -1.42. The lowest BCUT2D eigenvalue weighted by Crippen LogP contribution is -2.38. The average molecular weight is 208 g/mol. The van der Waals surface area contributed by atoms with Gasteiger partial charge in [0.15, 0.2) is 0 Å². The van der Waals surface area contributed by atoms with Crippen molar-refractivity contribution in [3.63, 3.8) is 0 Å². The van der Waals surface area contributed by atoms with Gasteiger partial charge in [0.1, 0.15) is 0 Å². The Balaban J connectivity index is 2.81. The molecule has 0 saturated heterocycles. The highest BCUT2D eigenvalue weighted by Crippen LogP contribution is 2.22. The molecule has 1 rings (SSSR count). The molecule has 0 aliphatic rings. The van der Waals surface area contributed by atoms with E-state index < -0.39 is 5.41 Å². The fraction of sp³-hybridized carbons (Fsp3) is 0.455. The summed E-state index contributed by atoms with van der Waals surface area (Å²) in [5.41, 5.74) is 5.92. The van der Waals surface area contributed by atoms with Crippen molar-refractivity contribution in [2.45, 2.75) is 13.3 Å². The molecule has 0 bridgehead atoms. The van der Waals surface area contributed by atoms with E-state index in [1.807, 2.05) is 12.1 Å². The van der Waals surface area contributed by atoms with Crippen LogP contribution in [0.2, 0.25) is 0 Å². The van der Waals surface area contributed by atoms with Gasteiger partial charge in [-0.25, -0.2) is 0 Å². The van der Waals surface area contributed by atoms with E-state index in [4.69, 9.17) is 10.5 Å². The zero-order valence-electron chi connectivity index (χ0n) is 9.06. The monoisotopic (exact) mass is 208 g/mol. The van der Waals surface area contributed by atoms with Crippen molar-refractivity contribution >= 4 is 5.97 Å². The topological polar surface area (TPSA) is 65.2 Å². The SMILES string of the molecule is COC(=O)C(C)(CN)Cc1cccnc1. The second-order valence-electron chi connectivity index (χ2n) is 3.79. The van der Waals surface area contributed by atoms with Crippen LogP contribution in [0.15, 0.2) is 24.5 Å². The molecule has 4 heteroatoms. The molecule has 0 spiro atoms. The molecule has 0 aliphatic heterocycles. The summed E-state index contributed by atoms with van der Waals surface area (Å²) >= 11 is 0. The minimum absolute atomic E-state index is 0.258. The molecule has 82 valence electrons. The molecule has 0 aromatic carbocycles. The molecular weight excluding hydrogens is 192 g/mol. The van der Waals surface area contributed by atoms with Crippen LogP contribution in [0, 0.1) is 5.41 Å². The number of hydrogen-bond acceptors (Lipinski definition) is 4. The Kier molecular flexibility index (Phi) is 3.80. The molecule has 1 aromatic rings. The molecule has 0 saturated carbocycles. The number of pyridine rings is 1. The van der Waals surface area contributed by atoms with Crippen LogP contribution in [0.3, 0.4) is 0 Å². The van der Waals surface area contributed by atoms with E-state index in [9.17, 15) is 4.79 Å². The summed E-state index contributed by atoms with van der Waals surface area (Å²) in [5.74, 6) is -0.283. The third-order valence-corrected chi connectivity index (χ3v) is 2.45. The summed E-state index contributed by atoms with van der Waals surface area (Å²) in [7, 11) is 1.37. The Labute approximate surface area is 89.5 Å². The zero-order chi connectivity index (χ0) is 11.3. The van der Waals surface area contributed by atoms with Gasteiger partial charge in [-0.3, -0.25) is 9.78 Å². The smallest absolute Gasteiger partial charge is 0.313 e. The molecule has 0 radical (unpaired) electrons. The van der Waals surface area contributed by atoms with Crippen LogP contribution in [0.5, 0.6) is 0 Å². The molecule has 0 aliphatic carbocycles. The summed E-state index contributed by atoms with van der Waals surface area (Å²) < 4.78 is 4.74. The first-order chi connectivity index (χ1) is 7.12. The maximum absolute atomic E-state index is 11.5. The predicted octanol–water partition coefficient (Wildman–Crippen LogP) is 0.762. The summed E-state index contributed by atoms with van der Waals surface area (Å²) in [6.45, 7) is 2.06. The third kappa shape index (κ3) is 2.76. The molecule has 0 amide bonds. The second-order valence-corrected chi connectivity index (χ2v) is 3.79. The van der Waals surface area contributed by atoms with Gasteiger partial charge in [0, 0.05) is 18.9 Å². The number of rotatable bonds is 4. The first-order valence-electron chi connectivity index (χ1n) is 4.80. The van der Waals surface area contributed by atoms with E-state index in [-0.39, 0.29) is 12.5 Å². The average Bonchev–Trinajstić information content (AvgIpc) is 2.29. The first-order valence-corrected chi connectivity index (χ1v) is 4.80. The van der Waals surface area contributed by atoms with E-state index in [0.29, 0.717) is 6.42 Å². The molecule has 1 unspecified atom stereocenters. The van der Waals surface area contributed by atoms with Crippen molar-refractivity contribution in [1.29, 1.82) is 0 Å². The van der Waals surface area contributed by atoms with Crippen molar-refractivity contribution in [1.82, 2.24) is 4.98 Å². The number of esters is 1. The molecular formula is C11H16N2O2. The number of nitrogens with zero attached hydrogens (tertiary/aromatic N) is 1. The molecule has 1 heterocycles. The zero-order valence-corrected chi connectivity index (χ0v) is 9.06. The van der Waals surface area contributed by atoms with Crippen LogP contribution in [0.25, 0.3) is 0 Å². The van der Waals surface area contributed by atoms with E-state index in [1.54, 1.807) is 19.3 Å².